The van der Waals surface area contributed by atoms with Crippen molar-refractivity contribution in [2.45, 2.75) is 32.6 Å². The first kappa shape index (κ1) is 15.7. The first-order valence-electron chi connectivity index (χ1n) is 7.81. The Kier molecular flexibility index (Phi) is 5.93. The van der Waals surface area contributed by atoms with Crippen LogP contribution >= 0.6 is 0 Å². The molecule has 0 spiro atoms. The molecule has 0 unspecified atom stereocenters. The zero-order valence-corrected chi connectivity index (χ0v) is 12.7. The van der Waals surface area contributed by atoms with Crippen LogP contribution in [0.3, 0.4) is 0 Å². The van der Waals surface area contributed by atoms with E-state index in [0.29, 0.717) is 24.9 Å². The molecule has 2 rings (SSSR count). The highest BCUT2D eigenvalue weighted by atomic mass is 16.1. The highest BCUT2D eigenvalue weighted by Gasteiger charge is 2.14. The molecule has 114 valence electrons. The zero-order valence-electron chi connectivity index (χ0n) is 12.7. The van der Waals surface area contributed by atoms with Gasteiger partial charge in [0.1, 0.15) is 5.78 Å². The summed E-state index contributed by atoms with van der Waals surface area (Å²) in [4.78, 5) is 26.2. The number of hydrogen-bond acceptors (Lipinski definition) is 3. The van der Waals surface area contributed by atoms with E-state index in [1.165, 1.54) is 12.8 Å². The number of carbonyl (C=O) groups excluding carboxylic acids is 2. The molecule has 1 heterocycles. The number of benzene rings is 1. The molecule has 1 aromatic rings. The minimum atomic E-state index is -0.0753. The lowest BCUT2D eigenvalue weighted by atomic mass is 10.0. The van der Waals surface area contributed by atoms with Crippen LogP contribution in [0.25, 0.3) is 0 Å². The van der Waals surface area contributed by atoms with E-state index >= 15 is 0 Å². The van der Waals surface area contributed by atoms with Crippen LogP contribution in [0.15, 0.2) is 24.3 Å². The first-order valence-corrected chi connectivity index (χ1v) is 7.81. The average molecular weight is 288 g/mol. The van der Waals surface area contributed by atoms with Crippen molar-refractivity contribution in [2.24, 2.45) is 0 Å². The molecule has 1 saturated heterocycles. The van der Waals surface area contributed by atoms with Crippen molar-refractivity contribution >= 4 is 11.7 Å². The SMILES string of the molecule is CCC(=O)Cc1ccccc1C(=O)NCCN1CCCC1. The zero-order chi connectivity index (χ0) is 15.1. The molecular weight excluding hydrogens is 264 g/mol. The van der Waals surface area contributed by atoms with Gasteiger partial charge in [-0.05, 0) is 37.6 Å². The summed E-state index contributed by atoms with van der Waals surface area (Å²) < 4.78 is 0. The van der Waals surface area contributed by atoms with Gasteiger partial charge >= 0.3 is 0 Å². The number of Topliss-reactive ketones (excluding diaryl/α,β-unsaturated/α-hetero) is 1. The van der Waals surface area contributed by atoms with Gasteiger partial charge in [0, 0.05) is 31.5 Å². The average Bonchev–Trinajstić information content (AvgIpc) is 3.01. The quantitative estimate of drug-likeness (QED) is 0.835. The third-order valence-electron chi connectivity index (χ3n) is 3.96. The molecule has 1 aliphatic heterocycles. The maximum atomic E-state index is 12.3. The molecular formula is C17H24N2O2. The topological polar surface area (TPSA) is 49.4 Å². The summed E-state index contributed by atoms with van der Waals surface area (Å²) >= 11 is 0. The monoisotopic (exact) mass is 288 g/mol. The van der Waals surface area contributed by atoms with Gasteiger partial charge in [-0.1, -0.05) is 25.1 Å². The number of likely N-dealkylation sites (tertiary alicyclic amines) is 1. The Morgan fingerprint density at radius 1 is 1.19 bits per heavy atom. The minimum absolute atomic E-state index is 0.0753. The summed E-state index contributed by atoms with van der Waals surface area (Å²) in [7, 11) is 0. The maximum Gasteiger partial charge on any atom is 0.251 e. The van der Waals surface area contributed by atoms with Crippen LogP contribution in [0.4, 0.5) is 0 Å². The Labute approximate surface area is 126 Å². The fraction of sp³-hybridized carbons (Fsp3) is 0.529. The largest absolute Gasteiger partial charge is 0.351 e. The summed E-state index contributed by atoms with van der Waals surface area (Å²) in [6, 6.07) is 7.38. The van der Waals surface area contributed by atoms with Crippen LogP contribution in [0, 0.1) is 0 Å². The Morgan fingerprint density at radius 2 is 1.90 bits per heavy atom. The minimum Gasteiger partial charge on any atom is -0.351 e. The predicted octanol–water partition coefficient (Wildman–Crippen LogP) is 2.03. The predicted molar refractivity (Wildman–Crippen MR) is 83.5 cm³/mol. The standard InChI is InChI=1S/C17H24N2O2/c1-2-15(20)13-14-7-3-4-8-16(14)17(21)18-9-12-19-10-5-6-11-19/h3-4,7-8H,2,5-6,9-13H2,1H3,(H,18,21). The second-order valence-corrected chi connectivity index (χ2v) is 5.53. The molecule has 1 N–H and O–H groups in total. The summed E-state index contributed by atoms with van der Waals surface area (Å²) in [6.07, 6.45) is 3.36. The normalized spacial score (nSPS) is 15.1. The van der Waals surface area contributed by atoms with Crippen molar-refractivity contribution in [3.05, 3.63) is 35.4 Å². The second kappa shape index (κ2) is 7.93. The van der Waals surface area contributed by atoms with Crippen LogP contribution in [0.5, 0.6) is 0 Å². The number of hydrogen-bond donors (Lipinski definition) is 1. The van der Waals surface area contributed by atoms with E-state index in [9.17, 15) is 9.59 Å². The maximum absolute atomic E-state index is 12.3. The van der Waals surface area contributed by atoms with Crippen LogP contribution in [0.2, 0.25) is 0 Å². The van der Waals surface area contributed by atoms with Crippen molar-refractivity contribution < 1.29 is 9.59 Å². The van der Waals surface area contributed by atoms with Crippen molar-refractivity contribution in [1.29, 1.82) is 0 Å². The smallest absolute Gasteiger partial charge is 0.251 e. The number of nitrogens with one attached hydrogen (secondary N) is 1. The van der Waals surface area contributed by atoms with Gasteiger partial charge in [0.05, 0.1) is 0 Å². The molecule has 1 aliphatic rings. The first-order chi connectivity index (χ1) is 10.2. The van der Waals surface area contributed by atoms with Crippen LogP contribution in [0.1, 0.15) is 42.1 Å². The fourth-order valence-electron chi connectivity index (χ4n) is 2.66. The molecule has 0 atom stereocenters. The van der Waals surface area contributed by atoms with Gasteiger partial charge in [-0.25, -0.2) is 0 Å². The van der Waals surface area contributed by atoms with Crippen LogP contribution in [-0.2, 0) is 11.2 Å². The Bertz CT molecular complexity index is 493. The Morgan fingerprint density at radius 3 is 2.62 bits per heavy atom. The van der Waals surface area contributed by atoms with Crippen molar-refractivity contribution in [1.82, 2.24) is 10.2 Å². The molecule has 0 aromatic heterocycles. The number of amides is 1. The summed E-state index contributed by atoms with van der Waals surface area (Å²) in [5.74, 6) is 0.0843. The number of nitrogens with zero attached hydrogens (tertiary/aromatic N) is 1. The molecule has 4 heteroatoms. The van der Waals surface area contributed by atoms with E-state index < -0.39 is 0 Å². The van der Waals surface area contributed by atoms with Gasteiger partial charge in [0.2, 0.25) is 0 Å². The molecule has 21 heavy (non-hydrogen) atoms. The van der Waals surface area contributed by atoms with E-state index in [1.54, 1.807) is 6.07 Å². The van der Waals surface area contributed by atoms with E-state index in [4.69, 9.17) is 0 Å². The Hall–Kier alpha value is -1.68. The van der Waals surface area contributed by atoms with Crippen molar-refractivity contribution in [3.8, 4) is 0 Å². The summed E-state index contributed by atoms with van der Waals surface area (Å²) in [6.45, 7) is 5.69. The summed E-state index contributed by atoms with van der Waals surface area (Å²) in [5.41, 5.74) is 1.45. The number of ketones is 1. The van der Waals surface area contributed by atoms with Gasteiger partial charge < -0.3 is 10.2 Å². The number of carbonyl (C=O) groups is 2. The molecule has 0 aliphatic carbocycles. The van der Waals surface area contributed by atoms with Gasteiger partial charge in [-0.15, -0.1) is 0 Å². The van der Waals surface area contributed by atoms with Crippen molar-refractivity contribution in [2.75, 3.05) is 26.2 Å². The lowest BCUT2D eigenvalue weighted by Crippen LogP contribution is -2.34. The van der Waals surface area contributed by atoms with E-state index in [-0.39, 0.29) is 11.7 Å². The fourth-order valence-corrected chi connectivity index (χ4v) is 2.66. The summed E-state index contributed by atoms with van der Waals surface area (Å²) in [5, 5.41) is 2.97. The van der Waals surface area contributed by atoms with Crippen LogP contribution in [-0.4, -0.2) is 42.8 Å². The Balaban J connectivity index is 1.90. The molecule has 1 aromatic carbocycles. The highest BCUT2D eigenvalue weighted by Crippen LogP contribution is 2.11. The van der Waals surface area contributed by atoms with Crippen LogP contribution < -0.4 is 5.32 Å². The van der Waals surface area contributed by atoms with E-state index in [1.807, 2.05) is 25.1 Å². The molecule has 1 amide bonds. The lowest BCUT2D eigenvalue weighted by molar-refractivity contribution is -0.118. The molecule has 4 nitrogen and oxygen atoms in total. The van der Waals surface area contributed by atoms with Gasteiger partial charge in [0.15, 0.2) is 0 Å². The molecule has 0 bridgehead atoms. The van der Waals surface area contributed by atoms with Gasteiger partial charge in [-0.3, -0.25) is 9.59 Å². The lowest BCUT2D eigenvalue weighted by Gasteiger charge is -2.15. The third-order valence-corrected chi connectivity index (χ3v) is 3.96. The molecule has 0 radical (unpaired) electrons. The highest BCUT2D eigenvalue weighted by molar-refractivity contribution is 5.97. The van der Waals surface area contributed by atoms with Gasteiger partial charge in [0.25, 0.3) is 5.91 Å². The number of rotatable bonds is 7. The van der Waals surface area contributed by atoms with E-state index in [0.717, 1.165) is 25.2 Å². The van der Waals surface area contributed by atoms with Crippen molar-refractivity contribution in [3.63, 3.8) is 0 Å². The van der Waals surface area contributed by atoms with Gasteiger partial charge in [-0.2, -0.15) is 0 Å². The van der Waals surface area contributed by atoms with E-state index in [2.05, 4.69) is 10.2 Å². The second-order valence-electron chi connectivity index (χ2n) is 5.53. The molecule has 1 fully saturated rings. The molecule has 0 saturated carbocycles. The third kappa shape index (κ3) is 4.67.